The van der Waals surface area contributed by atoms with E-state index in [0.717, 1.165) is 42.7 Å². The van der Waals surface area contributed by atoms with Crippen LogP contribution in [0.3, 0.4) is 0 Å². The van der Waals surface area contributed by atoms with E-state index >= 15 is 0 Å². The number of nitrogens with one attached hydrogen (secondary N) is 2. The molecule has 32 heavy (non-hydrogen) atoms. The molecule has 0 atom stereocenters. The largest absolute Gasteiger partial charge is 0.492 e. The summed E-state index contributed by atoms with van der Waals surface area (Å²) in [7, 11) is 0. The third-order valence-corrected chi connectivity index (χ3v) is 5.90. The van der Waals surface area contributed by atoms with Gasteiger partial charge in [0.15, 0.2) is 0 Å². The first-order chi connectivity index (χ1) is 15.6. The van der Waals surface area contributed by atoms with Gasteiger partial charge in [-0.25, -0.2) is 9.59 Å². The Hall–Kier alpha value is -3.42. The minimum absolute atomic E-state index is 0.0235. The molecule has 1 aliphatic rings. The number of aryl methyl sites for hydroxylation is 2. The van der Waals surface area contributed by atoms with Gasteiger partial charge >= 0.3 is 11.7 Å². The van der Waals surface area contributed by atoms with Crippen molar-refractivity contribution in [2.24, 2.45) is 0 Å². The molecule has 1 fully saturated rings. The van der Waals surface area contributed by atoms with Gasteiger partial charge in [-0.3, -0.25) is 9.13 Å². The minimum Gasteiger partial charge on any atom is -0.492 e. The van der Waals surface area contributed by atoms with E-state index in [1.165, 1.54) is 0 Å². The Morgan fingerprint density at radius 3 is 2.22 bits per heavy atom. The molecule has 1 saturated heterocycles. The molecule has 4 rings (SSSR count). The molecule has 1 aromatic heterocycles. The highest BCUT2D eigenvalue weighted by Crippen LogP contribution is 2.34. The first-order valence-electron chi connectivity index (χ1n) is 11.4. The van der Waals surface area contributed by atoms with Crippen LogP contribution in [-0.2, 0) is 13.1 Å². The van der Waals surface area contributed by atoms with Gasteiger partial charge in [0.05, 0.1) is 34.7 Å². The SMILES string of the molecule is CCOc1ccccc1NC(=O)Nc1cc2c(cc1N1CCCC1)n(CC)c(=O)n2CC. The molecule has 8 nitrogen and oxygen atoms in total. The van der Waals surface area contributed by atoms with Crippen molar-refractivity contribution in [3.05, 3.63) is 46.9 Å². The number of hydrogen-bond acceptors (Lipinski definition) is 4. The Morgan fingerprint density at radius 1 is 0.938 bits per heavy atom. The van der Waals surface area contributed by atoms with Crippen molar-refractivity contribution in [2.75, 3.05) is 35.2 Å². The van der Waals surface area contributed by atoms with Gasteiger partial charge in [0.25, 0.3) is 0 Å². The van der Waals surface area contributed by atoms with E-state index in [9.17, 15) is 9.59 Å². The van der Waals surface area contributed by atoms with Gasteiger partial charge in [-0.15, -0.1) is 0 Å². The van der Waals surface area contributed by atoms with E-state index in [0.29, 0.717) is 36.8 Å². The van der Waals surface area contributed by atoms with Crippen LogP contribution in [0.4, 0.5) is 21.9 Å². The quantitative estimate of drug-likeness (QED) is 0.571. The highest BCUT2D eigenvalue weighted by Gasteiger charge is 2.21. The Kier molecular flexibility index (Phi) is 6.39. The highest BCUT2D eigenvalue weighted by molar-refractivity contribution is 6.04. The van der Waals surface area contributed by atoms with Crippen molar-refractivity contribution >= 4 is 34.1 Å². The highest BCUT2D eigenvalue weighted by atomic mass is 16.5. The molecule has 3 aromatic rings. The molecule has 8 heteroatoms. The standard InChI is InChI=1S/C24H31N5O3/c1-4-28-20-15-18(26-23(30)25-17-11-7-8-12-22(17)32-6-3)19(27-13-9-10-14-27)16-21(20)29(5-2)24(28)31/h7-8,11-12,15-16H,4-6,9-10,13-14H2,1-3H3,(H2,25,26,30). The maximum Gasteiger partial charge on any atom is 0.329 e. The molecule has 0 saturated carbocycles. The molecule has 2 N–H and O–H groups in total. The number of nitrogens with zero attached hydrogens (tertiary/aromatic N) is 3. The van der Waals surface area contributed by atoms with Crippen molar-refractivity contribution in [3.63, 3.8) is 0 Å². The Morgan fingerprint density at radius 2 is 1.56 bits per heavy atom. The molecule has 1 aliphatic heterocycles. The summed E-state index contributed by atoms with van der Waals surface area (Å²) in [5, 5.41) is 5.92. The van der Waals surface area contributed by atoms with Crippen LogP contribution in [-0.4, -0.2) is 34.9 Å². The zero-order chi connectivity index (χ0) is 22.7. The number of benzene rings is 2. The van der Waals surface area contributed by atoms with E-state index in [1.807, 2.05) is 57.2 Å². The number of carbonyl (C=O) groups is 1. The number of aromatic nitrogens is 2. The second-order valence-corrected chi connectivity index (χ2v) is 7.83. The number of carbonyl (C=O) groups excluding carboxylic acids is 1. The van der Waals surface area contributed by atoms with Gasteiger partial charge in [-0.2, -0.15) is 0 Å². The smallest absolute Gasteiger partial charge is 0.329 e. The fourth-order valence-electron chi connectivity index (χ4n) is 4.41. The lowest BCUT2D eigenvalue weighted by Gasteiger charge is -2.22. The molecule has 0 aliphatic carbocycles. The zero-order valence-electron chi connectivity index (χ0n) is 19.0. The summed E-state index contributed by atoms with van der Waals surface area (Å²) < 4.78 is 9.16. The Balaban J connectivity index is 1.73. The number of anilines is 3. The molecule has 0 radical (unpaired) electrons. The van der Waals surface area contributed by atoms with E-state index in [1.54, 1.807) is 9.13 Å². The first kappa shape index (κ1) is 21.8. The van der Waals surface area contributed by atoms with Crippen molar-refractivity contribution < 1.29 is 9.53 Å². The lowest BCUT2D eigenvalue weighted by Crippen LogP contribution is -2.24. The van der Waals surface area contributed by atoms with Gasteiger partial charge in [0.1, 0.15) is 5.75 Å². The molecule has 2 amide bonds. The van der Waals surface area contributed by atoms with Crippen LogP contribution in [0.2, 0.25) is 0 Å². The number of fused-ring (bicyclic) bond motifs is 1. The van der Waals surface area contributed by atoms with Crippen LogP contribution in [0.5, 0.6) is 5.75 Å². The van der Waals surface area contributed by atoms with Crippen LogP contribution in [0.25, 0.3) is 11.0 Å². The Labute approximate surface area is 187 Å². The molecule has 170 valence electrons. The summed E-state index contributed by atoms with van der Waals surface area (Å²) >= 11 is 0. The normalized spacial score (nSPS) is 13.5. The summed E-state index contributed by atoms with van der Waals surface area (Å²) in [6.45, 7) is 9.39. The fraction of sp³-hybridized carbons (Fsp3) is 0.417. The number of hydrogen-bond donors (Lipinski definition) is 2. The molecule has 2 aromatic carbocycles. The van der Waals surface area contributed by atoms with E-state index in [4.69, 9.17) is 4.74 Å². The molecule has 0 unspecified atom stereocenters. The third kappa shape index (κ3) is 4.04. The van der Waals surface area contributed by atoms with Crippen molar-refractivity contribution in [3.8, 4) is 5.75 Å². The summed E-state index contributed by atoms with van der Waals surface area (Å²) in [5.41, 5.74) is 3.95. The fourth-order valence-corrected chi connectivity index (χ4v) is 4.41. The third-order valence-electron chi connectivity index (χ3n) is 5.90. The van der Waals surface area contributed by atoms with Crippen molar-refractivity contribution in [2.45, 2.75) is 46.7 Å². The second-order valence-electron chi connectivity index (χ2n) is 7.83. The number of para-hydroxylation sites is 2. The van der Waals surface area contributed by atoms with Crippen LogP contribution in [0.1, 0.15) is 33.6 Å². The maximum absolute atomic E-state index is 13.0. The lowest BCUT2D eigenvalue weighted by atomic mass is 10.2. The van der Waals surface area contributed by atoms with Gasteiger partial charge in [0.2, 0.25) is 0 Å². The number of ether oxygens (including phenoxy) is 1. The van der Waals surface area contributed by atoms with E-state index < -0.39 is 0 Å². The van der Waals surface area contributed by atoms with Crippen LogP contribution >= 0.6 is 0 Å². The molecular weight excluding hydrogens is 406 g/mol. The van der Waals surface area contributed by atoms with E-state index in [2.05, 4.69) is 15.5 Å². The number of urea groups is 1. The summed E-state index contributed by atoms with van der Waals surface area (Å²) in [6, 6.07) is 11.0. The molecular formula is C24H31N5O3. The molecule has 2 heterocycles. The lowest BCUT2D eigenvalue weighted by molar-refractivity contribution is 0.262. The first-order valence-corrected chi connectivity index (χ1v) is 11.4. The van der Waals surface area contributed by atoms with Crippen LogP contribution in [0.15, 0.2) is 41.2 Å². The predicted octanol–water partition coefficient (Wildman–Crippen LogP) is 4.49. The summed E-state index contributed by atoms with van der Waals surface area (Å²) in [6.07, 6.45) is 2.23. The number of amides is 2. The number of rotatable bonds is 7. The summed E-state index contributed by atoms with van der Waals surface area (Å²) in [4.78, 5) is 28.1. The van der Waals surface area contributed by atoms with Crippen LogP contribution in [0, 0.1) is 0 Å². The Bertz CT molecular complexity index is 1170. The number of imidazole rings is 1. The maximum atomic E-state index is 13.0. The van der Waals surface area contributed by atoms with Crippen molar-refractivity contribution in [1.29, 1.82) is 0 Å². The van der Waals surface area contributed by atoms with Gasteiger partial charge in [-0.1, -0.05) is 12.1 Å². The van der Waals surface area contributed by atoms with Gasteiger partial charge in [-0.05, 0) is 57.9 Å². The van der Waals surface area contributed by atoms with Crippen LogP contribution < -0.4 is 26.0 Å². The second kappa shape index (κ2) is 9.38. The van der Waals surface area contributed by atoms with E-state index in [-0.39, 0.29) is 11.7 Å². The minimum atomic E-state index is -0.350. The van der Waals surface area contributed by atoms with Gasteiger partial charge in [0, 0.05) is 26.2 Å². The predicted molar refractivity (Wildman–Crippen MR) is 129 cm³/mol. The van der Waals surface area contributed by atoms with Crippen molar-refractivity contribution in [1.82, 2.24) is 9.13 Å². The average molecular weight is 438 g/mol. The topological polar surface area (TPSA) is 80.5 Å². The zero-order valence-corrected chi connectivity index (χ0v) is 19.0. The molecule has 0 bridgehead atoms. The monoisotopic (exact) mass is 437 g/mol. The van der Waals surface area contributed by atoms with Gasteiger partial charge < -0.3 is 20.3 Å². The summed E-state index contributed by atoms with van der Waals surface area (Å²) in [5.74, 6) is 0.625. The average Bonchev–Trinajstić information content (AvgIpc) is 3.40. The molecule has 0 spiro atoms.